The van der Waals surface area contributed by atoms with Crippen LogP contribution in [0.25, 0.3) is 6.08 Å². The number of nitrogens with zero attached hydrogens (tertiary/aromatic N) is 3. The minimum atomic E-state index is -0.903. The third-order valence-electron chi connectivity index (χ3n) is 6.51. The number of rotatable bonds is 9. The lowest BCUT2D eigenvalue weighted by Gasteiger charge is -2.26. The van der Waals surface area contributed by atoms with Gasteiger partial charge in [-0.05, 0) is 72.2 Å². The molecule has 0 bridgehead atoms. The lowest BCUT2D eigenvalue weighted by molar-refractivity contribution is -0.139. The number of hydrogen-bond donors (Lipinski definition) is 1. The van der Waals surface area contributed by atoms with Crippen LogP contribution < -0.4 is 34.7 Å². The van der Waals surface area contributed by atoms with Crippen LogP contribution in [0.5, 0.6) is 17.2 Å². The molecule has 0 spiro atoms. The Morgan fingerprint density at radius 3 is 2.45 bits per heavy atom. The Balaban J connectivity index is 1.66. The van der Waals surface area contributed by atoms with Gasteiger partial charge in [-0.15, -0.1) is 0 Å². The molecular weight excluding hydrogens is 676 g/mol. The zero-order valence-corrected chi connectivity index (χ0v) is 27.7. The molecule has 1 N–H and O–H groups in total. The van der Waals surface area contributed by atoms with Crippen molar-refractivity contribution in [1.29, 1.82) is 0 Å². The summed E-state index contributed by atoms with van der Waals surface area (Å²) in [7, 11) is 4.46. The number of fused-ring (bicyclic) bond motifs is 1. The van der Waals surface area contributed by atoms with Gasteiger partial charge in [-0.2, -0.15) is 0 Å². The van der Waals surface area contributed by atoms with Gasteiger partial charge in [0.1, 0.15) is 5.76 Å². The third kappa shape index (κ3) is 5.99. The summed E-state index contributed by atoms with van der Waals surface area (Å²) in [6.07, 6.45) is 1.60. The predicted octanol–water partition coefficient (Wildman–Crippen LogP) is 3.72. The van der Waals surface area contributed by atoms with Gasteiger partial charge in [-0.3, -0.25) is 14.2 Å². The molecule has 1 atom stereocenters. The smallest absolute Gasteiger partial charge is 0.338 e. The van der Waals surface area contributed by atoms with Crippen molar-refractivity contribution in [3.8, 4) is 17.2 Å². The first-order chi connectivity index (χ1) is 21.1. The van der Waals surface area contributed by atoms with Crippen molar-refractivity contribution >= 4 is 51.1 Å². The number of H-pyrrole nitrogens is 1. The molecule has 3 aromatic heterocycles. The molecule has 4 heterocycles. The van der Waals surface area contributed by atoms with E-state index in [2.05, 4.69) is 30.9 Å². The van der Waals surface area contributed by atoms with Crippen LogP contribution in [-0.2, 0) is 9.53 Å². The maximum atomic E-state index is 14.0. The number of nitrogens with one attached hydrogen (secondary N) is 1. The van der Waals surface area contributed by atoms with Gasteiger partial charge >= 0.3 is 5.97 Å². The van der Waals surface area contributed by atoms with E-state index in [1.165, 1.54) is 32.0 Å². The predicted molar refractivity (Wildman–Crippen MR) is 167 cm³/mol. The molecule has 0 amide bonds. The first-order valence-corrected chi connectivity index (χ1v) is 15.6. The minimum Gasteiger partial charge on any atom is -0.493 e. The highest BCUT2D eigenvalue weighted by molar-refractivity contribution is 9.10. The van der Waals surface area contributed by atoms with E-state index in [9.17, 15) is 14.4 Å². The lowest BCUT2D eigenvalue weighted by Crippen LogP contribution is -2.40. The third-order valence-corrected chi connectivity index (χ3v) is 9.21. The molecule has 0 unspecified atom stereocenters. The Kier molecular flexibility index (Phi) is 9.18. The summed E-state index contributed by atoms with van der Waals surface area (Å²) in [5, 5.41) is 0.803. The number of furan rings is 1. The summed E-state index contributed by atoms with van der Waals surface area (Å²) >= 11 is 5.76. The summed E-state index contributed by atoms with van der Waals surface area (Å²) in [5.41, 5.74) is 1.05. The van der Waals surface area contributed by atoms with Crippen molar-refractivity contribution in [1.82, 2.24) is 14.5 Å². The average Bonchev–Trinajstić information content (AvgIpc) is 3.47. The van der Waals surface area contributed by atoms with E-state index in [0.29, 0.717) is 64.0 Å². The summed E-state index contributed by atoms with van der Waals surface area (Å²) in [5.74, 6) is 0.867. The molecule has 12 nitrogen and oxygen atoms in total. The van der Waals surface area contributed by atoms with E-state index < -0.39 is 17.6 Å². The van der Waals surface area contributed by atoms with Crippen LogP contribution in [0.2, 0.25) is 0 Å². The van der Waals surface area contributed by atoms with Gasteiger partial charge in [0.2, 0.25) is 5.75 Å². The summed E-state index contributed by atoms with van der Waals surface area (Å²) in [6, 6.07) is 5.59. The molecule has 0 aliphatic carbocycles. The van der Waals surface area contributed by atoms with Crippen LogP contribution in [0, 0.1) is 6.92 Å². The molecule has 0 radical (unpaired) electrons. The summed E-state index contributed by atoms with van der Waals surface area (Å²) in [6.45, 7) is 5.27. The van der Waals surface area contributed by atoms with Crippen LogP contribution in [0.1, 0.15) is 36.9 Å². The Hall–Kier alpha value is -4.08. The van der Waals surface area contributed by atoms with Crippen molar-refractivity contribution in [2.75, 3.05) is 27.9 Å². The molecule has 0 saturated carbocycles. The first kappa shape index (κ1) is 31.3. The number of aromatic nitrogens is 3. The zero-order chi connectivity index (χ0) is 31.7. The quantitative estimate of drug-likeness (QED) is 0.202. The highest BCUT2D eigenvalue weighted by Gasteiger charge is 2.34. The normalized spacial score (nSPS) is 14.7. The molecule has 1 aromatic carbocycles. The van der Waals surface area contributed by atoms with E-state index in [1.807, 2.05) is 0 Å². The number of methoxy groups -OCH3 is 3. The van der Waals surface area contributed by atoms with Gasteiger partial charge in [0.15, 0.2) is 26.5 Å². The lowest BCUT2D eigenvalue weighted by atomic mass is 9.95. The second kappa shape index (κ2) is 12.9. The van der Waals surface area contributed by atoms with Gasteiger partial charge in [-0.25, -0.2) is 14.8 Å². The standard InChI is InChI=1S/C29H27BrN4O8S2/c1-7-41-26(37)22-14(3)32-29-34(23(22)15-9-18(38-4)24(40-6)19(10-15)39-5)25(36)20(43-29)12-16-11-17(30)27(42-16)44-28-31-13(2)8-21(35)33-28/h8-12,23H,7H2,1-6H3,(H,31,33,35)/b20-12+/t23-/m1/s1. The molecule has 15 heteroatoms. The largest absolute Gasteiger partial charge is 0.493 e. The average molecular weight is 704 g/mol. The summed E-state index contributed by atoms with van der Waals surface area (Å²) in [4.78, 5) is 51.2. The molecule has 0 saturated heterocycles. The van der Waals surface area contributed by atoms with Crippen LogP contribution in [0.4, 0.5) is 0 Å². The molecule has 230 valence electrons. The number of carbonyl (C=O) groups is 1. The number of ether oxygens (including phenoxy) is 4. The number of hydrogen-bond acceptors (Lipinski definition) is 12. The minimum absolute atomic E-state index is 0.141. The number of aryl methyl sites for hydroxylation is 1. The van der Waals surface area contributed by atoms with E-state index in [1.54, 1.807) is 45.0 Å². The number of esters is 1. The Bertz CT molecular complexity index is 2020. The van der Waals surface area contributed by atoms with Crippen molar-refractivity contribution < 1.29 is 28.2 Å². The van der Waals surface area contributed by atoms with Gasteiger partial charge in [0.05, 0.1) is 54.3 Å². The zero-order valence-electron chi connectivity index (χ0n) is 24.5. The topological polar surface area (TPSA) is 147 Å². The molecule has 44 heavy (non-hydrogen) atoms. The van der Waals surface area contributed by atoms with Gasteiger partial charge in [-0.1, -0.05) is 11.3 Å². The van der Waals surface area contributed by atoms with Crippen molar-refractivity contribution in [3.05, 3.63) is 87.1 Å². The van der Waals surface area contributed by atoms with Crippen LogP contribution in [0.15, 0.2) is 69.3 Å². The van der Waals surface area contributed by atoms with E-state index in [4.69, 9.17) is 23.4 Å². The number of benzene rings is 1. The second-order valence-corrected chi connectivity index (χ2v) is 12.2. The van der Waals surface area contributed by atoms with Gasteiger partial charge in [0, 0.05) is 17.8 Å². The monoisotopic (exact) mass is 702 g/mol. The van der Waals surface area contributed by atoms with E-state index in [-0.39, 0.29) is 17.7 Å². The molecular formula is C29H27BrN4O8S2. The highest BCUT2D eigenvalue weighted by Crippen LogP contribution is 2.42. The SMILES string of the molecule is CCOC(=O)C1=C(C)N=c2s/c(=C/c3cc(Br)c(Sc4nc(C)cc(=O)[nH]4)o3)c(=O)n2[C@@H]1c1cc(OC)c(OC)c(OC)c1. The van der Waals surface area contributed by atoms with E-state index >= 15 is 0 Å². The fourth-order valence-corrected chi connectivity index (χ4v) is 7.08. The number of aromatic amines is 1. The first-order valence-electron chi connectivity index (χ1n) is 13.1. The van der Waals surface area contributed by atoms with Crippen molar-refractivity contribution in [3.63, 3.8) is 0 Å². The number of thiazole rings is 1. The molecule has 1 aliphatic rings. The Morgan fingerprint density at radius 2 is 1.84 bits per heavy atom. The fourth-order valence-electron chi connectivity index (χ4n) is 4.69. The van der Waals surface area contributed by atoms with E-state index in [0.717, 1.165) is 23.1 Å². The van der Waals surface area contributed by atoms with Gasteiger partial charge < -0.3 is 28.3 Å². The van der Waals surface area contributed by atoms with Crippen LogP contribution in [0.3, 0.4) is 0 Å². The molecule has 1 aliphatic heterocycles. The van der Waals surface area contributed by atoms with Crippen molar-refractivity contribution in [2.45, 2.75) is 37.1 Å². The Labute approximate surface area is 267 Å². The van der Waals surface area contributed by atoms with Crippen LogP contribution in [-0.4, -0.2) is 48.4 Å². The van der Waals surface area contributed by atoms with Crippen LogP contribution >= 0.6 is 39.0 Å². The van der Waals surface area contributed by atoms with Gasteiger partial charge in [0.25, 0.3) is 11.1 Å². The fraction of sp³-hybridized carbons (Fsp3) is 0.276. The maximum Gasteiger partial charge on any atom is 0.338 e. The van der Waals surface area contributed by atoms with Crippen molar-refractivity contribution in [2.24, 2.45) is 4.99 Å². The molecule has 0 fully saturated rings. The molecule has 4 aromatic rings. The highest BCUT2D eigenvalue weighted by atomic mass is 79.9. The Morgan fingerprint density at radius 1 is 1.14 bits per heavy atom. The number of carbonyl (C=O) groups excluding carboxylic acids is 1. The number of allylic oxidation sites excluding steroid dienone is 1. The number of halogens is 1. The molecule has 5 rings (SSSR count). The maximum absolute atomic E-state index is 14.0. The second-order valence-electron chi connectivity index (χ2n) is 9.34. The summed E-state index contributed by atoms with van der Waals surface area (Å²) < 4.78 is 30.4.